The first-order valence-electron chi connectivity index (χ1n) is 5.85. The highest BCUT2D eigenvalue weighted by atomic mass is 32.2. The van der Waals surface area contributed by atoms with E-state index in [0.717, 1.165) is 36.7 Å². The van der Waals surface area contributed by atoms with Crippen LogP contribution in [0.3, 0.4) is 0 Å². The lowest BCUT2D eigenvalue weighted by Gasteiger charge is -2.18. The van der Waals surface area contributed by atoms with Gasteiger partial charge >= 0.3 is 0 Å². The van der Waals surface area contributed by atoms with Gasteiger partial charge in [0.2, 0.25) is 10.0 Å². The van der Waals surface area contributed by atoms with Crippen molar-refractivity contribution in [2.45, 2.75) is 31.7 Å². The van der Waals surface area contributed by atoms with Crippen molar-refractivity contribution in [1.29, 1.82) is 0 Å². The highest BCUT2D eigenvalue weighted by molar-refractivity contribution is 7.92. The fourth-order valence-electron chi connectivity index (χ4n) is 2.29. The molecule has 0 aliphatic heterocycles. The van der Waals surface area contributed by atoms with Gasteiger partial charge in [0.25, 0.3) is 0 Å². The van der Waals surface area contributed by atoms with E-state index >= 15 is 0 Å². The van der Waals surface area contributed by atoms with Crippen LogP contribution >= 0.6 is 0 Å². The summed E-state index contributed by atoms with van der Waals surface area (Å²) in [6.07, 6.45) is 4.04. The predicted molar refractivity (Wildman–Crippen MR) is 69.0 cm³/mol. The van der Waals surface area contributed by atoms with Crippen molar-refractivity contribution in [3.8, 4) is 0 Å². The third-order valence-electron chi connectivity index (χ3n) is 3.15. The predicted octanol–water partition coefficient (Wildman–Crippen LogP) is 2.52. The van der Waals surface area contributed by atoms with Crippen LogP contribution in [0.25, 0.3) is 0 Å². The van der Waals surface area contributed by atoms with Crippen molar-refractivity contribution < 1.29 is 8.42 Å². The van der Waals surface area contributed by atoms with Crippen LogP contribution in [-0.2, 0) is 16.4 Å². The van der Waals surface area contributed by atoms with Crippen LogP contribution in [0, 0.1) is 0 Å². The van der Waals surface area contributed by atoms with Crippen molar-refractivity contribution >= 4 is 10.0 Å². The Kier molecular flexibility index (Phi) is 3.64. The van der Waals surface area contributed by atoms with Gasteiger partial charge in [0.1, 0.15) is 0 Å². The van der Waals surface area contributed by atoms with Crippen molar-refractivity contribution in [2.75, 3.05) is 0 Å². The average molecular weight is 251 g/mol. The fourth-order valence-corrected chi connectivity index (χ4v) is 3.03. The van der Waals surface area contributed by atoms with E-state index in [-0.39, 0.29) is 6.04 Å². The van der Waals surface area contributed by atoms with Gasteiger partial charge in [-0.15, -0.1) is 0 Å². The first-order valence-corrected chi connectivity index (χ1v) is 7.39. The lowest BCUT2D eigenvalue weighted by atomic mass is 10.0. The molecule has 1 aromatic carbocycles. The first-order chi connectivity index (χ1) is 8.12. The zero-order valence-corrected chi connectivity index (χ0v) is 10.5. The molecule has 0 heterocycles. The molecule has 1 N–H and O–H groups in total. The molecule has 0 spiro atoms. The maximum absolute atomic E-state index is 11.6. The number of hydrogen-bond acceptors (Lipinski definition) is 2. The van der Waals surface area contributed by atoms with Crippen LogP contribution in [-0.4, -0.2) is 8.42 Å². The smallest absolute Gasteiger partial charge is 0.208 e. The number of fused-ring (bicyclic) bond motifs is 1. The van der Waals surface area contributed by atoms with Gasteiger partial charge < -0.3 is 0 Å². The molecule has 3 nitrogen and oxygen atoms in total. The molecule has 1 aliphatic rings. The fraction of sp³-hybridized carbons (Fsp3) is 0.385. The van der Waals surface area contributed by atoms with Gasteiger partial charge in [-0.25, -0.2) is 13.1 Å². The van der Waals surface area contributed by atoms with Crippen LogP contribution in [0.1, 0.15) is 36.4 Å². The van der Waals surface area contributed by atoms with E-state index in [1.54, 1.807) is 0 Å². The maximum atomic E-state index is 11.6. The number of nitrogens with one attached hydrogen (secondary N) is 1. The zero-order valence-electron chi connectivity index (χ0n) is 9.72. The molecule has 0 saturated heterocycles. The normalized spacial score (nSPS) is 20.4. The second-order valence-corrected chi connectivity index (χ2v) is 5.99. The SMILES string of the molecule is C=CS(=O)(=O)NC1CCCCc2ccccc21. The Labute approximate surface area is 103 Å². The lowest BCUT2D eigenvalue weighted by molar-refractivity contribution is 0.538. The molecular formula is C13H17NO2S. The summed E-state index contributed by atoms with van der Waals surface area (Å²) < 4.78 is 25.8. The van der Waals surface area contributed by atoms with E-state index < -0.39 is 10.0 Å². The molecule has 1 unspecified atom stereocenters. The van der Waals surface area contributed by atoms with Crippen LogP contribution in [0.4, 0.5) is 0 Å². The Bertz CT molecular complexity index is 508. The van der Waals surface area contributed by atoms with E-state index in [2.05, 4.69) is 17.4 Å². The summed E-state index contributed by atoms with van der Waals surface area (Å²) in [5.74, 6) is 0. The van der Waals surface area contributed by atoms with Crippen molar-refractivity contribution in [3.05, 3.63) is 47.4 Å². The second kappa shape index (κ2) is 5.02. The molecule has 1 atom stereocenters. The van der Waals surface area contributed by atoms with Crippen molar-refractivity contribution in [3.63, 3.8) is 0 Å². The lowest BCUT2D eigenvalue weighted by Crippen LogP contribution is -2.26. The number of benzene rings is 1. The number of hydrogen-bond donors (Lipinski definition) is 1. The monoisotopic (exact) mass is 251 g/mol. The van der Waals surface area contributed by atoms with E-state index in [1.165, 1.54) is 5.56 Å². The minimum atomic E-state index is -3.36. The summed E-state index contributed by atoms with van der Waals surface area (Å²) in [4.78, 5) is 0. The van der Waals surface area contributed by atoms with Crippen molar-refractivity contribution in [2.24, 2.45) is 0 Å². The van der Waals surface area contributed by atoms with E-state index in [4.69, 9.17) is 0 Å². The van der Waals surface area contributed by atoms with Gasteiger partial charge in [-0.3, -0.25) is 0 Å². The van der Waals surface area contributed by atoms with Crippen LogP contribution in [0.5, 0.6) is 0 Å². The largest absolute Gasteiger partial charge is 0.233 e. The number of rotatable bonds is 3. The molecule has 1 aliphatic carbocycles. The molecule has 4 heteroatoms. The Morgan fingerprint density at radius 2 is 2.06 bits per heavy atom. The molecular weight excluding hydrogens is 234 g/mol. The Morgan fingerprint density at radius 3 is 2.82 bits per heavy atom. The van der Waals surface area contributed by atoms with Gasteiger partial charge in [-0.1, -0.05) is 37.3 Å². The zero-order chi connectivity index (χ0) is 12.3. The number of sulfonamides is 1. The van der Waals surface area contributed by atoms with Gasteiger partial charge in [0.15, 0.2) is 0 Å². The van der Waals surface area contributed by atoms with Crippen LogP contribution in [0.2, 0.25) is 0 Å². The second-order valence-electron chi connectivity index (χ2n) is 4.33. The summed E-state index contributed by atoms with van der Waals surface area (Å²) in [6, 6.07) is 7.94. The molecule has 0 radical (unpaired) electrons. The molecule has 1 aromatic rings. The summed E-state index contributed by atoms with van der Waals surface area (Å²) in [6.45, 7) is 3.33. The van der Waals surface area contributed by atoms with E-state index in [9.17, 15) is 8.42 Å². The van der Waals surface area contributed by atoms with Crippen LogP contribution in [0.15, 0.2) is 36.3 Å². The number of aryl methyl sites for hydroxylation is 1. The molecule has 92 valence electrons. The molecule has 0 amide bonds. The van der Waals surface area contributed by atoms with Gasteiger partial charge in [0.05, 0.1) is 0 Å². The van der Waals surface area contributed by atoms with E-state index in [0.29, 0.717) is 0 Å². The topological polar surface area (TPSA) is 46.2 Å². The molecule has 0 saturated carbocycles. The van der Waals surface area contributed by atoms with Gasteiger partial charge in [-0.2, -0.15) is 0 Å². The highest BCUT2D eigenvalue weighted by Crippen LogP contribution is 2.28. The Balaban J connectivity index is 2.32. The summed E-state index contributed by atoms with van der Waals surface area (Å²) in [7, 11) is -3.36. The Morgan fingerprint density at radius 1 is 1.29 bits per heavy atom. The molecule has 0 bridgehead atoms. The molecule has 0 aromatic heterocycles. The van der Waals surface area contributed by atoms with Crippen LogP contribution < -0.4 is 4.72 Å². The maximum Gasteiger partial charge on any atom is 0.233 e. The highest BCUT2D eigenvalue weighted by Gasteiger charge is 2.21. The molecule has 0 fully saturated rings. The van der Waals surface area contributed by atoms with Crippen molar-refractivity contribution in [1.82, 2.24) is 4.72 Å². The average Bonchev–Trinajstić information content (AvgIpc) is 2.52. The first kappa shape index (κ1) is 12.3. The molecule has 17 heavy (non-hydrogen) atoms. The van der Waals surface area contributed by atoms with Gasteiger partial charge in [-0.05, 0) is 30.4 Å². The van der Waals surface area contributed by atoms with E-state index in [1.807, 2.05) is 18.2 Å². The third-order valence-corrected chi connectivity index (χ3v) is 4.20. The summed E-state index contributed by atoms with van der Waals surface area (Å²) >= 11 is 0. The quantitative estimate of drug-likeness (QED) is 0.839. The summed E-state index contributed by atoms with van der Waals surface area (Å²) in [5.41, 5.74) is 2.36. The minimum Gasteiger partial charge on any atom is -0.208 e. The standard InChI is InChI=1S/C13H17NO2S/c1-2-17(15,16)14-13-10-6-4-8-11-7-3-5-9-12(11)13/h2-3,5,7,9,13-14H,1,4,6,8,10H2. The minimum absolute atomic E-state index is 0.114. The Hall–Kier alpha value is -1.13. The molecule has 2 rings (SSSR count). The third kappa shape index (κ3) is 2.96. The summed E-state index contributed by atoms with van der Waals surface area (Å²) in [5, 5.41) is 0.973. The van der Waals surface area contributed by atoms with Gasteiger partial charge in [0, 0.05) is 11.4 Å².